The lowest BCUT2D eigenvalue weighted by atomic mass is 9.78. The fourth-order valence-corrected chi connectivity index (χ4v) is 2.70. The normalized spacial score (nSPS) is 15.4. The van der Waals surface area contributed by atoms with Crippen LogP contribution in [0.15, 0.2) is 48.5 Å². The molecule has 0 aliphatic heterocycles. The number of rotatable bonds is 4. The molecule has 3 rings (SSSR count). The molecule has 21 heavy (non-hydrogen) atoms. The van der Waals surface area contributed by atoms with Gasteiger partial charge < -0.3 is 4.74 Å². The molecule has 0 radical (unpaired) electrons. The summed E-state index contributed by atoms with van der Waals surface area (Å²) in [5.74, 6) is 8.13. The molecule has 0 aromatic heterocycles. The van der Waals surface area contributed by atoms with Gasteiger partial charge in [0.05, 0.1) is 12.2 Å². The van der Waals surface area contributed by atoms with Crippen molar-refractivity contribution in [2.24, 2.45) is 0 Å². The molecule has 2 aromatic carbocycles. The quantitative estimate of drug-likeness (QED) is 0.601. The maximum atomic E-state index is 5.99. The monoisotopic (exact) mass is 296 g/mol. The van der Waals surface area contributed by atoms with Crippen LogP contribution in [0, 0.1) is 11.8 Å². The van der Waals surface area contributed by atoms with Crippen molar-refractivity contribution >= 4 is 11.6 Å². The van der Waals surface area contributed by atoms with E-state index in [9.17, 15) is 0 Å². The molecule has 0 saturated carbocycles. The predicted molar refractivity (Wildman–Crippen MR) is 87.0 cm³/mol. The molecule has 0 amide bonds. The summed E-state index contributed by atoms with van der Waals surface area (Å²) < 4.78 is 5.99. The van der Waals surface area contributed by atoms with Gasteiger partial charge in [-0.25, -0.2) is 0 Å². The predicted octanol–water partition coefficient (Wildman–Crippen LogP) is 4.39. The Morgan fingerprint density at radius 1 is 1.10 bits per heavy atom. The molecule has 1 aliphatic carbocycles. The van der Waals surface area contributed by atoms with Crippen molar-refractivity contribution < 1.29 is 4.74 Å². The van der Waals surface area contributed by atoms with Crippen LogP contribution in [0.4, 0.5) is 0 Å². The first-order chi connectivity index (χ1) is 10.4. The maximum Gasteiger partial charge on any atom is 0.134 e. The van der Waals surface area contributed by atoms with Crippen LogP contribution in [0.2, 0.25) is 0 Å². The van der Waals surface area contributed by atoms with E-state index in [4.69, 9.17) is 16.3 Å². The van der Waals surface area contributed by atoms with Crippen LogP contribution in [0.3, 0.4) is 0 Å². The molecule has 1 unspecified atom stereocenters. The van der Waals surface area contributed by atoms with Crippen LogP contribution in [-0.2, 0) is 6.42 Å². The summed E-state index contributed by atoms with van der Waals surface area (Å²) in [5.41, 5.74) is 3.81. The fraction of sp³-hybridized carbons (Fsp3) is 0.263. The third-order valence-corrected chi connectivity index (χ3v) is 3.92. The number of halogens is 1. The number of hydrogen-bond donors (Lipinski definition) is 0. The minimum Gasteiger partial charge on any atom is -0.492 e. The Balaban J connectivity index is 1.66. The SMILES string of the molecule is ClCCC#Cc1ccccc1OCC1Cc2ccccc21. The molecule has 0 spiro atoms. The van der Waals surface area contributed by atoms with Crippen LogP contribution < -0.4 is 4.74 Å². The highest BCUT2D eigenvalue weighted by molar-refractivity contribution is 6.18. The van der Waals surface area contributed by atoms with Crippen molar-refractivity contribution in [3.05, 3.63) is 65.2 Å². The summed E-state index contributed by atoms with van der Waals surface area (Å²) in [7, 11) is 0. The molecular formula is C19H17ClO. The van der Waals surface area contributed by atoms with Gasteiger partial charge in [-0.3, -0.25) is 0 Å². The largest absolute Gasteiger partial charge is 0.492 e. The summed E-state index contributed by atoms with van der Waals surface area (Å²) in [6.45, 7) is 0.714. The average Bonchev–Trinajstić information content (AvgIpc) is 2.50. The minimum absolute atomic E-state index is 0.505. The van der Waals surface area contributed by atoms with Gasteiger partial charge in [-0.05, 0) is 29.7 Å². The minimum atomic E-state index is 0.505. The number of benzene rings is 2. The lowest BCUT2D eigenvalue weighted by Crippen LogP contribution is -2.23. The Kier molecular flexibility index (Phi) is 4.48. The van der Waals surface area contributed by atoms with Crippen LogP contribution >= 0.6 is 11.6 Å². The Bertz CT molecular complexity index is 681. The highest BCUT2D eigenvalue weighted by Gasteiger charge is 2.25. The summed E-state index contributed by atoms with van der Waals surface area (Å²) >= 11 is 5.65. The van der Waals surface area contributed by atoms with Crippen molar-refractivity contribution in [3.8, 4) is 17.6 Å². The summed E-state index contributed by atoms with van der Waals surface area (Å²) in [4.78, 5) is 0. The third kappa shape index (κ3) is 3.23. The smallest absolute Gasteiger partial charge is 0.134 e. The number of fused-ring (bicyclic) bond motifs is 1. The van der Waals surface area contributed by atoms with Gasteiger partial charge in [0.1, 0.15) is 5.75 Å². The second-order valence-corrected chi connectivity index (χ2v) is 5.53. The third-order valence-electron chi connectivity index (χ3n) is 3.73. The Morgan fingerprint density at radius 2 is 1.90 bits per heavy atom. The van der Waals surface area contributed by atoms with Gasteiger partial charge in [0.25, 0.3) is 0 Å². The van der Waals surface area contributed by atoms with E-state index in [-0.39, 0.29) is 0 Å². The molecule has 1 aliphatic rings. The highest BCUT2D eigenvalue weighted by atomic mass is 35.5. The summed E-state index contributed by atoms with van der Waals surface area (Å²) in [6.07, 6.45) is 1.81. The zero-order chi connectivity index (χ0) is 14.5. The number of alkyl halides is 1. The van der Waals surface area contributed by atoms with Gasteiger partial charge in [0.2, 0.25) is 0 Å². The number of para-hydroxylation sites is 1. The molecule has 106 valence electrons. The van der Waals surface area contributed by atoms with Gasteiger partial charge in [-0.15, -0.1) is 11.6 Å². The Morgan fingerprint density at radius 3 is 2.76 bits per heavy atom. The van der Waals surface area contributed by atoms with Gasteiger partial charge in [-0.2, -0.15) is 0 Å². The van der Waals surface area contributed by atoms with Crippen molar-refractivity contribution in [2.45, 2.75) is 18.8 Å². The van der Waals surface area contributed by atoms with E-state index in [0.717, 1.165) is 17.7 Å². The highest BCUT2D eigenvalue weighted by Crippen LogP contribution is 2.35. The standard InChI is InChI=1S/C19H17ClO/c20-12-6-5-8-15-7-2-4-11-19(15)21-14-17-13-16-9-1-3-10-18(16)17/h1-4,7,9-11,17H,6,12-14H2. The van der Waals surface area contributed by atoms with Crippen LogP contribution in [0.5, 0.6) is 5.75 Å². The number of hydrogen-bond acceptors (Lipinski definition) is 1. The average molecular weight is 297 g/mol. The van der Waals surface area contributed by atoms with Crippen molar-refractivity contribution in [1.82, 2.24) is 0 Å². The van der Waals surface area contributed by atoms with Crippen molar-refractivity contribution in [2.75, 3.05) is 12.5 Å². The number of ether oxygens (including phenoxy) is 1. The van der Waals surface area contributed by atoms with E-state index >= 15 is 0 Å². The Labute approximate surface area is 130 Å². The van der Waals surface area contributed by atoms with E-state index in [1.54, 1.807) is 0 Å². The van der Waals surface area contributed by atoms with Crippen molar-refractivity contribution in [1.29, 1.82) is 0 Å². The van der Waals surface area contributed by atoms with E-state index in [1.807, 2.05) is 24.3 Å². The van der Waals surface area contributed by atoms with Gasteiger partial charge >= 0.3 is 0 Å². The molecule has 0 saturated heterocycles. The summed E-state index contributed by atoms with van der Waals surface area (Å²) in [6, 6.07) is 16.5. The van der Waals surface area contributed by atoms with E-state index < -0.39 is 0 Å². The van der Waals surface area contributed by atoms with Crippen LogP contribution in [0.1, 0.15) is 29.0 Å². The first-order valence-corrected chi connectivity index (χ1v) is 7.76. The second kappa shape index (κ2) is 6.70. The van der Waals surface area contributed by atoms with Crippen LogP contribution in [-0.4, -0.2) is 12.5 Å². The second-order valence-electron chi connectivity index (χ2n) is 5.15. The first kappa shape index (κ1) is 14.0. The molecule has 1 nitrogen and oxygen atoms in total. The molecule has 0 bridgehead atoms. The zero-order valence-electron chi connectivity index (χ0n) is 11.8. The molecule has 0 N–H and O–H groups in total. The molecule has 1 atom stereocenters. The zero-order valence-corrected chi connectivity index (χ0v) is 12.6. The fourth-order valence-electron chi connectivity index (χ4n) is 2.60. The Hall–Kier alpha value is -1.91. The van der Waals surface area contributed by atoms with Crippen molar-refractivity contribution in [3.63, 3.8) is 0 Å². The molecule has 2 aromatic rings. The van der Waals surface area contributed by atoms with Gasteiger partial charge in [0.15, 0.2) is 0 Å². The molecule has 2 heteroatoms. The molecule has 0 fully saturated rings. The lowest BCUT2D eigenvalue weighted by Gasteiger charge is -2.30. The van der Waals surface area contributed by atoms with E-state index in [1.165, 1.54) is 11.1 Å². The van der Waals surface area contributed by atoms with E-state index in [2.05, 4.69) is 36.1 Å². The van der Waals surface area contributed by atoms with Gasteiger partial charge in [0, 0.05) is 18.2 Å². The van der Waals surface area contributed by atoms with Crippen LogP contribution in [0.25, 0.3) is 0 Å². The van der Waals surface area contributed by atoms with Gasteiger partial charge in [-0.1, -0.05) is 48.2 Å². The topological polar surface area (TPSA) is 9.23 Å². The maximum absolute atomic E-state index is 5.99. The lowest BCUT2D eigenvalue weighted by molar-refractivity contribution is 0.274. The first-order valence-electron chi connectivity index (χ1n) is 7.23. The molecule has 0 heterocycles. The molecular weight excluding hydrogens is 280 g/mol. The summed E-state index contributed by atoms with van der Waals surface area (Å²) in [5, 5.41) is 0. The van der Waals surface area contributed by atoms with E-state index in [0.29, 0.717) is 24.8 Å².